The van der Waals surface area contributed by atoms with Gasteiger partial charge in [0.1, 0.15) is 11.4 Å². The van der Waals surface area contributed by atoms with Crippen LogP contribution in [0.25, 0.3) is 0 Å². The van der Waals surface area contributed by atoms with Crippen LogP contribution in [0.15, 0.2) is 10.9 Å². The van der Waals surface area contributed by atoms with Crippen molar-refractivity contribution in [1.29, 1.82) is 0 Å². The van der Waals surface area contributed by atoms with Crippen LogP contribution in [-0.2, 0) is 16.8 Å². The van der Waals surface area contributed by atoms with Crippen LogP contribution in [0.3, 0.4) is 0 Å². The van der Waals surface area contributed by atoms with Gasteiger partial charge in [0, 0.05) is 18.4 Å². The molecule has 0 saturated heterocycles. The van der Waals surface area contributed by atoms with Crippen molar-refractivity contribution in [2.75, 3.05) is 6.61 Å². The first-order chi connectivity index (χ1) is 7.85. The number of nitrogens with one attached hydrogen (secondary N) is 1. The lowest BCUT2D eigenvalue weighted by atomic mass is 10.1. The maximum atomic E-state index is 11.6. The van der Waals surface area contributed by atoms with E-state index in [1.54, 1.807) is 6.07 Å². The van der Waals surface area contributed by atoms with Gasteiger partial charge in [-0.05, 0) is 33.1 Å². The summed E-state index contributed by atoms with van der Waals surface area (Å²) in [6.07, 6.45) is 0.805. The van der Waals surface area contributed by atoms with Crippen molar-refractivity contribution in [2.45, 2.75) is 46.6 Å². The van der Waals surface area contributed by atoms with Crippen LogP contribution >= 0.6 is 0 Å². The molecule has 1 N–H and O–H groups in total. The third-order valence-electron chi connectivity index (χ3n) is 2.49. The van der Waals surface area contributed by atoms with Gasteiger partial charge >= 0.3 is 0 Å². The topological polar surface area (TPSA) is 55.0 Å². The lowest BCUT2D eigenvalue weighted by Gasteiger charge is -2.23. The van der Waals surface area contributed by atoms with Gasteiger partial charge in [-0.1, -0.05) is 13.8 Å². The molecule has 0 aliphatic carbocycles. The van der Waals surface area contributed by atoms with Gasteiger partial charge < -0.3 is 9.72 Å². The highest BCUT2D eigenvalue weighted by Crippen LogP contribution is 2.20. The lowest BCUT2D eigenvalue weighted by molar-refractivity contribution is -0.0211. The minimum atomic E-state index is -0.555. The molecule has 0 amide bonds. The Bertz CT molecular complexity index is 422. The highest BCUT2D eigenvalue weighted by molar-refractivity contribution is 5.07. The molecule has 96 valence electrons. The highest BCUT2D eigenvalue weighted by Gasteiger charge is 2.24. The normalized spacial score (nSPS) is 12.1. The number of H-pyrrole nitrogens is 1. The van der Waals surface area contributed by atoms with Crippen LogP contribution in [0.2, 0.25) is 0 Å². The Hall–Kier alpha value is -1.16. The van der Waals surface area contributed by atoms with Crippen LogP contribution in [0.1, 0.15) is 46.1 Å². The zero-order valence-electron chi connectivity index (χ0n) is 11.3. The minimum Gasteiger partial charge on any atom is -0.368 e. The number of aromatic amines is 1. The van der Waals surface area contributed by atoms with Gasteiger partial charge in [0.2, 0.25) is 0 Å². The summed E-state index contributed by atoms with van der Waals surface area (Å²) in [5, 5.41) is 0. The molecular formula is C13H22N2O2. The third kappa shape index (κ3) is 3.97. The number of aromatic nitrogens is 2. The molecule has 1 aromatic heterocycles. The number of hydrogen-bond donors (Lipinski definition) is 1. The maximum absolute atomic E-state index is 11.6. The van der Waals surface area contributed by atoms with Crippen molar-refractivity contribution in [2.24, 2.45) is 5.92 Å². The Morgan fingerprint density at radius 2 is 2.12 bits per heavy atom. The smallest absolute Gasteiger partial charge is 0.251 e. The van der Waals surface area contributed by atoms with Gasteiger partial charge in [-0.3, -0.25) is 4.79 Å². The van der Waals surface area contributed by atoms with Crippen molar-refractivity contribution in [3.05, 3.63) is 27.9 Å². The van der Waals surface area contributed by atoms with E-state index in [-0.39, 0.29) is 5.56 Å². The Labute approximate surface area is 102 Å². The molecule has 0 bridgehead atoms. The number of nitrogens with zero attached hydrogens (tertiary/aromatic N) is 1. The predicted octanol–water partition coefficient (Wildman–Crippen LogP) is 2.24. The summed E-state index contributed by atoms with van der Waals surface area (Å²) in [4.78, 5) is 18.8. The van der Waals surface area contributed by atoms with Crippen LogP contribution < -0.4 is 5.56 Å². The van der Waals surface area contributed by atoms with E-state index < -0.39 is 5.60 Å². The van der Waals surface area contributed by atoms with Crippen LogP contribution in [0, 0.1) is 5.92 Å². The predicted molar refractivity (Wildman–Crippen MR) is 68.1 cm³/mol. The molecule has 0 spiro atoms. The van der Waals surface area contributed by atoms with Gasteiger partial charge in [0.05, 0.1) is 0 Å². The first-order valence-corrected chi connectivity index (χ1v) is 6.10. The number of rotatable bonds is 5. The fourth-order valence-corrected chi connectivity index (χ4v) is 1.75. The van der Waals surface area contributed by atoms with E-state index in [9.17, 15) is 4.79 Å². The summed E-state index contributed by atoms with van der Waals surface area (Å²) in [5.41, 5.74) is 0.158. The first-order valence-electron chi connectivity index (χ1n) is 6.10. The van der Waals surface area contributed by atoms with E-state index in [1.165, 1.54) is 0 Å². The van der Waals surface area contributed by atoms with Gasteiger partial charge in [0.15, 0.2) is 0 Å². The first kappa shape index (κ1) is 13.9. The zero-order chi connectivity index (χ0) is 13.1. The Kier molecular flexibility index (Phi) is 4.46. The van der Waals surface area contributed by atoms with E-state index in [0.29, 0.717) is 18.3 Å². The molecule has 1 heterocycles. The lowest BCUT2D eigenvalue weighted by Crippen LogP contribution is -2.28. The average molecular weight is 238 g/mol. The molecule has 0 radical (unpaired) electrons. The van der Waals surface area contributed by atoms with Crippen LogP contribution in [0.4, 0.5) is 0 Å². The molecule has 0 aromatic carbocycles. The van der Waals surface area contributed by atoms with Crippen LogP contribution in [0.5, 0.6) is 0 Å². The average Bonchev–Trinajstić information content (AvgIpc) is 2.15. The van der Waals surface area contributed by atoms with Gasteiger partial charge in [0.25, 0.3) is 5.56 Å². The van der Waals surface area contributed by atoms with Gasteiger partial charge in [-0.2, -0.15) is 0 Å². The SMILES string of the molecule is CCOC(C)(C)c1nc(CC(C)C)cc(=O)[nH]1. The van der Waals surface area contributed by atoms with E-state index in [0.717, 1.165) is 12.1 Å². The molecule has 0 atom stereocenters. The molecule has 4 nitrogen and oxygen atoms in total. The van der Waals surface area contributed by atoms with Gasteiger partial charge in [-0.15, -0.1) is 0 Å². The van der Waals surface area contributed by atoms with E-state index in [4.69, 9.17) is 4.74 Å². The largest absolute Gasteiger partial charge is 0.368 e. The quantitative estimate of drug-likeness (QED) is 0.856. The van der Waals surface area contributed by atoms with Crippen molar-refractivity contribution in [3.8, 4) is 0 Å². The van der Waals surface area contributed by atoms with Crippen molar-refractivity contribution < 1.29 is 4.74 Å². The molecule has 1 rings (SSSR count). The summed E-state index contributed by atoms with van der Waals surface area (Å²) in [5.74, 6) is 1.08. The third-order valence-corrected chi connectivity index (χ3v) is 2.49. The van der Waals surface area contributed by atoms with Crippen molar-refractivity contribution >= 4 is 0 Å². The van der Waals surface area contributed by atoms with Crippen LogP contribution in [-0.4, -0.2) is 16.6 Å². The zero-order valence-corrected chi connectivity index (χ0v) is 11.3. The second kappa shape index (κ2) is 5.45. The summed E-state index contributed by atoms with van der Waals surface area (Å²) < 4.78 is 5.60. The summed E-state index contributed by atoms with van der Waals surface area (Å²) in [6.45, 7) is 10.6. The Morgan fingerprint density at radius 1 is 1.47 bits per heavy atom. The highest BCUT2D eigenvalue weighted by atomic mass is 16.5. The fraction of sp³-hybridized carbons (Fsp3) is 0.692. The Morgan fingerprint density at radius 3 is 2.65 bits per heavy atom. The molecular weight excluding hydrogens is 216 g/mol. The second-order valence-corrected chi connectivity index (χ2v) is 5.13. The maximum Gasteiger partial charge on any atom is 0.251 e. The van der Waals surface area contributed by atoms with E-state index in [2.05, 4.69) is 23.8 Å². The summed E-state index contributed by atoms with van der Waals surface area (Å²) in [6, 6.07) is 1.56. The molecule has 4 heteroatoms. The Balaban J connectivity index is 3.08. The molecule has 0 unspecified atom stereocenters. The van der Waals surface area contributed by atoms with E-state index >= 15 is 0 Å². The van der Waals surface area contributed by atoms with Crippen molar-refractivity contribution in [1.82, 2.24) is 9.97 Å². The molecule has 0 saturated carbocycles. The fourth-order valence-electron chi connectivity index (χ4n) is 1.75. The van der Waals surface area contributed by atoms with E-state index in [1.807, 2.05) is 20.8 Å². The summed E-state index contributed by atoms with van der Waals surface area (Å²) in [7, 11) is 0. The number of ether oxygens (including phenoxy) is 1. The number of hydrogen-bond acceptors (Lipinski definition) is 3. The molecule has 0 aliphatic heterocycles. The minimum absolute atomic E-state index is 0.113. The molecule has 1 aromatic rings. The second-order valence-electron chi connectivity index (χ2n) is 5.13. The summed E-state index contributed by atoms with van der Waals surface area (Å²) >= 11 is 0. The van der Waals surface area contributed by atoms with Crippen molar-refractivity contribution in [3.63, 3.8) is 0 Å². The molecule has 0 fully saturated rings. The molecule has 17 heavy (non-hydrogen) atoms. The molecule has 0 aliphatic rings. The standard InChI is InChI=1S/C13H22N2O2/c1-6-17-13(4,5)12-14-10(7-9(2)3)8-11(16)15-12/h8-9H,6-7H2,1-5H3,(H,14,15,16). The monoisotopic (exact) mass is 238 g/mol. The van der Waals surface area contributed by atoms with Gasteiger partial charge in [-0.25, -0.2) is 4.98 Å².